The van der Waals surface area contributed by atoms with Gasteiger partial charge in [0.15, 0.2) is 0 Å². The van der Waals surface area contributed by atoms with Crippen molar-refractivity contribution in [3.05, 3.63) is 0 Å². The molecular formula is C6H14N2O2. The molecule has 0 aliphatic rings. The minimum Gasteiger partial charge on any atom is -0.319 e. The van der Waals surface area contributed by atoms with Crippen LogP contribution in [0.15, 0.2) is 0 Å². The average molecular weight is 146 g/mol. The zero-order chi connectivity index (χ0) is 8.36. The Kier molecular flexibility index (Phi) is 2.80. The van der Waals surface area contributed by atoms with Gasteiger partial charge in [0.2, 0.25) is 0 Å². The fourth-order valence-corrected chi connectivity index (χ4v) is 0.463. The number of nitrogens with two attached hydrogens (primary N) is 1. The van der Waals surface area contributed by atoms with Crippen LogP contribution in [0.2, 0.25) is 0 Å². The second-order valence-electron chi connectivity index (χ2n) is 3.32. The molecule has 0 rings (SSSR count). The molecule has 0 aromatic rings. The highest BCUT2D eigenvalue weighted by Gasteiger charge is 2.26. The maximum Gasteiger partial charge on any atom is 0.260 e. The topological polar surface area (TPSA) is 75.4 Å². The van der Waals surface area contributed by atoms with Gasteiger partial charge in [-0.05, 0) is 5.41 Å². The molecule has 4 N–H and O–H groups in total. The summed E-state index contributed by atoms with van der Waals surface area (Å²) in [5.41, 5.74) is 6.63. The van der Waals surface area contributed by atoms with Crippen LogP contribution in [0.4, 0.5) is 0 Å². The molecule has 0 saturated heterocycles. The van der Waals surface area contributed by atoms with Gasteiger partial charge in [0.25, 0.3) is 5.91 Å². The van der Waals surface area contributed by atoms with Crippen LogP contribution >= 0.6 is 0 Å². The van der Waals surface area contributed by atoms with E-state index in [1.54, 1.807) is 0 Å². The van der Waals surface area contributed by atoms with Crippen molar-refractivity contribution in [2.75, 3.05) is 0 Å². The Hall–Kier alpha value is -0.610. The molecule has 0 aliphatic carbocycles. The monoisotopic (exact) mass is 146 g/mol. The second-order valence-corrected chi connectivity index (χ2v) is 3.32. The highest BCUT2D eigenvalue weighted by molar-refractivity contribution is 5.81. The van der Waals surface area contributed by atoms with Crippen LogP contribution in [0.1, 0.15) is 20.8 Å². The standard InChI is InChI=1S/C6H14N2O2/c1-6(2,3)4(7)5(9)8-10/h4,10H,7H2,1-3H3,(H,8,9). The predicted octanol–water partition coefficient (Wildman–Crippen LogP) is -0.135. The van der Waals surface area contributed by atoms with Crippen LogP contribution in [0.3, 0.4) is 0 Å². The molecule has 4 heteroatoms. The Morgan fingerprint density at radius 2 is 2.00 bits per heavy atom. The molecule has 0 saturated carbocycles. The third kappa shape index (κ3) is 2.33. The Morgan fingerprint density at radius 1 is 1.60 bits per heavy atom. The van der Waals surface area contributed by atoms with Gasteiger partial charge in [0, 0.05) is 0 Å². The van der Waals surface area contributed by atoms with Gasteiger partial charge in [-0.25, -0.2) is 5.48 Å². The largest absolute Gasteiger partial charge is 0.319 e. The van der Waals surface area contributed by atoms with E-state index in [1.807, 2.05) is 20.8 Å². The Bertz CT molecular complexity index is 128. The van der Waals surface area contributed by atoms with Crippen molar-refractivity contribution in [2.45, 2.75) is 26.8 Å². The Morgan fingerprint density at radius 3 is 2.10 bits per heavy atom. The molecule has 0 fully saturated rings. The molecule has 60 valence electrons. The summed E-state index contributed by atoms with van der Waals surface area (Å²) in [4.78, 5) is 10.7. The van der Waals surface area contributed by atoms with Crippen molar-refractivity contribution in [1.82, 2.24) is 5.48 Å². The number of carbonyl (C=O) groups excluding carboxylic acids is 1. The number of hydrogen-bond donors (Lipinski definition) is 3. The molecular weight excluding hydrogens is 132 g/mol. The number of carbonyl (C=O) groups is 1. The van der Waals surface area contributed by atoms with Crippen molar-refractivity contribution in [2.24, 2.45) is 11.1 Å². The molecule has 0 radical (unpaired) electrons. The van der Waals surface area contributed by atoms with E-state index >= 15 is 0 Å². The first-order valence-electron chi connectivity index (χ1n) is 3.09. The van der Waals surface area contributed by atoms with Gasteiger partial charge < -0.3 is 5.73 Å². The molecule has 1 atom stereocenters. The van der Waals surface area contributed by atoms with Crippen LogP contribution in [0.5, 0.6) is 0 Å². The fraction of sp³-hybridized carbons (Fsp3) is 0.833. The summed E-state index contributed by atoms with van der Waals surface area (Å²) in [6, 6.07) is -0.669. The van der Waals surface area contributed by atoms with Gasteiger partial charge in [0.1, 0.15) is 0 Å². The maximum atomic E-state index is 10.7. The highest BCUT2D eigenvalue weighted by atomic mass is 16.5. The third-order valence-corrected chi connectivity index (χ3v) is 1.33. The Labute approximate surface area is 60.4 Å². The van der Waals surface area contributed by atoms with E-state index in [-0.39, 0.29) is 5.41 Å². The molecule has 0 aromatic heterocycles. The number of hydroxylamine groups is 1. The van der Waals surface area contributed by atoms with Crippen molar-refractivity contribution in [3.63, 3.8) is 0 Å². The number of rotatable bonds is 1. The normalized spacial score (nSPS) is 14.5. The van der Waals surface area contributed by atoms with Gasteiger partial charge >= 0.3 is 0 Å². The van der Waals surface area contributed by atoms with Crippen molar-refractivity contribution in [3.8, 4) is 0 Å². The molecule has 1 amide bonds. The molecule has 1 unspecified atom stereocenters. The summed E-state index contributed by atoms with van der Waals surface area (Å²) in [5, 5.41) is 8.19. The minimum atomic E-state index is -0.669. The molecule has 10 heavy (non-hydrogen) atoms. The summed E-state index contributed by atoms with van der Waals surface area (Å²) in [7, 11) is 0. The quantitative estimate of drug-likeness (QED) is 0.356. The first kappa shape index (κ1) is 9.39. The van der Waals surface area contributed by atoms with E-state index in [0.717, 1.165) is 0 Å². The maximum absolute atomic E-state index is 10.7. The summed E-state index contributed by atoms with van der Waals surface area (Å²) < 4.78 is 0. The van der Waals surface area contributed by atoms with Crippen molar-refractivity contribution >= 4 is 5.91 Å². The lowest BCUT2D eigenvalue weighted by atomic mass is 9.87. The average Bonchev–Trinajstić information content (AvgIpc) is 1.83. The number of nitrogens with one attached hydrogen (secondary N) is 1. The first-order valence-corrected chi connectivity index (χ1v) is 3.09. The third-order valence-electron chi connectivity index (χ3n) is 1.33. The van der Waals surface area contributed by atoms with Crippen LogP contribution in [0, 0.1) is 5.41 Å². The second kappa shape index (κ2) is 2.98. The molecule has 0 aromatic carbocycles. The number of amides is 1. The highest BCUT2D eigenvalue weighted by Crippen LogP contribution is 2.16. The summed E-state index contributed by atoms with van der Waals surface area (Å²) in [6.07, 6.45) is 0. The summed E-state index contributed by atoms with van der Waals surface area (Å²) in [6.45, 7) is 5.48. The van der Waals surface area contributed by atoms with Crippen LogP contribution in [-0.4, -0.2) is 17.2 Å². The van der Waals surface area contributed by atoms with Gasteiger partial charge in [0.05, 0.1) is 6.04 Å². The lowest BCUT2D eigenvalue weighted by Crippen LogP contribution is -2.47. The lowest BCUT2D eigenvalue weighted by Gasteiger charge is -2.24. The zero-order valence-corrected chi connectivity index (χ0v) is 6.51. The van der Waals surface area contributed by atoms with E-state index in [0.29, 0.717) is 0 Å². The van der Waals surface area contributed by atoms with E-state index in [1.165, 1.54) is 5.48 Å². The predicted molar refractivity (Wildman–Crippen MR) is 37.4 cm³/mol. The van der Waals surface area contributed by atoms with E-state index in [2.05, 4.69) is 0 Å². The SMILES string of the molecule is CC(C)(C)C(N)C(=O)NO. The van der Waals surface area contributed by atoms with Crippen LogP contribution in [0.25, 0.3) is 0 Å². The Balaban J connectivity index is 4.08. The van der Waals surface area contributed by atoms with E-state index < -0.39 is 11.9 Å². The van der Waals surface area contributed by atoms with Gasteiger partial charge in [-0.2, -0.15) is 0 Å². The number of hydrogen-bond acceptors (Lipinski definition) is 3. The molecule has 0 aliphatic heterocycles. The summed E-state index contributed by atoms with van der Waals surface area (Å²) in [5.74, 6) is -0.549. The zero-order valence-electron chi connectivity index (χ0n) is 6.51. The minimum absolute atomic E-state index is 0.313. The van der Waals surface area contributed by atoms with Crippen molar-refractivity contribution < 1.29 is 10.0 Å². The summed E-state index contributed by atoms with van der Waals surface area (Å²) >= 11 is 0. The molecule has 0 heterocycles. The van der Waals surface area contributed by atoms with Crippen LogP contribution in [-0.2, 0) is 4.79 Å². The first-order chi connectivity index (χ1) is 4.39. The molecule has 0 bridgehead atoms. The van der Waals surface area contributed by atoms with Gasteiger partial charge in [-0.3, -0.25) is 10.0 Å². The fourth-order valence-electron chi connectivity index (χ4n) is 0.463. The van der Waals surface area contributed by atoms with Crippen LogP contribution < -0.4 is 11.2 Å². The van der Waals surface area contributed by atoms with Gasteiger partial charge in [-0.1, -0.05) is 20.8 Å². The van der Waals surface area contributed by atoms with Crippen molar-refractivity contribution in [1.29, 1.82) is 0 Å². The van der Waals surface area contributed by atoms with E-state index in [9.17, 15) is 4.79 Å². The molecule has 4 nitrogen and oxygen atoms in total. The molecule has 0 spiro atoms. The smallest absolute Gasteiger partial charge is 0.260 e. The lowest BCUT2D eigenvalue weighted by molar-refractivity contribution is -0.132. The van der Waals surface area contributed by atoms with E-state index in [4.69, 9.17) is 10.9 Å². The van der Waals surface area contributed by atoms with Gasteiger partial charge in [-0.15, -0.1) is 0 Å².